The van der Waals surface area contributed by atoms with Gasteiger partial charge in [-0.2, -0.15) is 17.6 Å². The second-order valence-electron chi connectivity index (χ2n) is 12.4. The molecule has 2 aliphatic carbocycles. The highest BCUT2D eigenvalue weighted by Crippen LogP contribution is 2.48. The Morgan fingerprint density at radius 3 is 1.46 bits per heavy atom. The van der Waals surface area contributed by atoms with Gasteiger partial charge in [-0.15, -0.1) is 20.4 Å². The van der Waals surface area contributed by atoms with Crippen molar-refractivity contribution in [1.82, 2.24) is 40.3 Å². The van der Waals surface area contributed by atoms with Crippen LogP contribution in [0.2, 0.25) is 10.0 Å². The second-order valence-corrected chi connectivity index (χ2v) is 13.2. The molecule has 8 rings (SSSR count). The predicted molar refractivity (Wildman–Crippen MR) is 182 cm³/mol. The van der Waals surface area contributed by atoms with E-state index in [1.165, 1.54) is 43.0 Å². The Hall–Kier alpha value is -5.36. The molecular weight excluding hydrogens is 765 g/mol. The van der Waals surface area contributed by atoms with Crippen LogP contribution >= 0.6 is 23.2 Å². The SMILES string of the molecule is FC(F)c1nnc(-c2cnc(NC3(c4cccc(Cl)c4Cl)CCC3)nc2)o1.Fc1cccc(F)c1C1(Nc2ncc(-c3nnc(C(F)F)o3)cn2)CCC1. The Labute approximate surface area is 311 Å². The third kappa shape index (κ3) is 7.39. The highest BCUT2D eigenvalue weighted by molar-refractivity contribution is 6.42. The van der Waals surface area contributed by atoms with E-state index in [1.807, 2.05) is 12.1 Å². The smallest absolute Gasteiger partial charge is 0.314 e. The number of nitrogens with one attached hydrogen (secondary N) is 2. The van der Waals surface area contributed by atoms with Crippen LogP contribution in [0.3, 0.4) is 0 Å². The van der Waals surface area contributed by atoms with Crippen LogP contribution in [0.1, 0.15) is 74.3 Å². The van der Waals surface area contributed by atoms with Gasteiger partial charge in [0.15, 0.2) is 0 Å². The molecule has 54 heavy (non-hydrogen) atoms. The van der Waals surface area contributed by atoms with Crippen LogP contribution in [0.5, 0.6) is 0 Å². The van der Waals surface area contributed by atoms with E-state index in [0.717, 1.165) is 31.2 Å². The van der Waals surface area contributed by atoms with Crippen molar-refractivity contribution in [3.8, 4) is 22.9 Å². The largest absolute Gasteiger partial charge is 0.415 e. The van der Waals surface area contributed by atoms with Crippen molar-refractivity contribution in [2.75, 3.05) is 10.6 Å². The van der Waals surface area contributed by atoms with E-state index in [2.05, 4.69) is 51.0 Å². The summed E-state index contributed by atoms with van der Waals surface area (Å²) in [5, 5.41) is 20.9. The first kappa shape index (κ1) is 37.0. The van der Waals surface area contributed by atoms with Gasteiger partial charge in [-0.1, -0.05) is 41.4 Å². The lowest BCUT2D eigenvalue weighted by molar-refractivity contribution is 0.115. The first-order chi connectivity index (χ1) is 26.0. The van der Waals surface area contributed by atoms with Gasteiger partial charge >= 0.3 is 12.9 Å². The molecule has 0 unspecified atom stereocenters. The third-order valence-corrected chi connectivity index (χ3v) is 9.90. The number of halogens is 8. The molecule has 280 valence electrons. The van der Waals surface area contributed by atoms with Gasteiger partial charge in [0.05, 0.1) is 32.3 Å². The van der Waals surface area contributed by atoms with Crippen LogP contribution in [0.4, 0.5) is 38.2 Å². The van der Waals surface area contributed by atoms with Crippen molar-refractivity contribution < 1.29 is 35.2 Å². The number of aromatic nitrogens is 8. The number of nitrogens with zero attached hydrogens (tertiary/aromatic N) is 8. The molecular formula is C34H26Cl2F6N10O2. The summed E-state index contributed by atoms with van der Waals surface area (Å²) in [7, 11) is 0. The summed E-state index contributed by atoms with van der Waals surface area (Å²) in [4.78, 5) is 16.6. The van der Waals surface area contributed by atoms with Gasteiger partial charge < -0.3 is 19.5 Å². The normalized spacial score (nSPS) is 15.6. The van der Waals surface area contributed by atoms with Gasteiger partial charge in [-0.05, 0) is 62.3 Å². The molecule has 0 spiro atoms. The molecule has 0 radical (unpaired) electrons. The predicted octanol–water partition coefficient (Wildman–Crippen LogP) is 9.50. The summed E-state index contributed by atoms with van der Waals surface area (Å²) in [5.74, 6) is -2.48. The first-order valence-corrected chi connectivity index (χ1v) is 17.1. The maximum atomic E-state index is 14.2. The highest BCUT2D eigenvalue weighted by atomic mass is 35.5. The highest BCUT2D eigenvalue weighted by Gasteiger charge is 2.44. The molecule has 2 N–H and O–H groups in total. The lowest BCUT2D eigenvalue weighted by Crippen LogP contribution is -2.44. The molecule has 12 nitrogen and oxygen atoms in total. The Balaban J connectivity index is 0.000000167. The summed E-state index contributed by atoms with van der Waals surface area (Å²) >= 11 is 12.5. The molecule has 2 aromatic carbocycles. The quantitative estimate of drug-likeness (QED) is 0.127. The van der Waals surface area contributed by atoms with E-state index in [4.69, 9.17) is 32.0 Å². The number of anilines is 2. The van der Waals surface area contributed by atoms with E-state index in [0.29, 0.717) is 34.4 Å². The summed E-state index contributed by atoms with van der Waals surface area (Å²) in [6.45, 7) is 0. The summed E-state index contributed by atoms with van der Waals surface area (Å²) in [6, 6.07) is 9.25. The minimum absolute atomic E-state index is 0.0394. The van der Waals surface area contributed by atoms with E-state index >= 15 is 0 Å². The average molecular weight is 792 g/mol. The standard InChI is InChI=1S/C17H13Cl2F2N5O.C17H13F4N5O/c18-11-4-1-3-10(12(11)19)17(5-2-6-17)24-16-22-7-9(8-23-16)14-25-26-15(27-14)13(20)21;18-10-3-1-4-11(19)12(10)17(5-2-6-17)24-16-22-7-9(8-23-16)14-25-26-15(27-14)13(20)21/h2*1,3-4,7-8,13H,2,5-6H2,(H,22,23,24). The zero-order chi connectivity index (χ0) is 38.0. The van der Waals surface area contributed by atoms with Crippen molar-refractivity contribution in [2.24, 2.45) is 0 Å². The number of rotatable bonds is 10. The van der Waals surface area contributed by atoms with Crippen LogP contribution in [0, 0.1) is 11.6 Å². The lowest BCUT2D eigenvalue weighted by atomic mass is 9.71. The lowest BCUT2D eigenvalue weighted by Gasteiger charge is -2.43. The molecule has 0 saturated heterocycles. The van der Waals surface area contributed by atoms with Crippen LogP contribution in [-0.4, -0.2) is 40.3 Å². The molecule has 4 heterocycles. The van der Waals surface area contributed by atoms with Crippen LogP contribution in [0.15, 0.2) is 70.0 Å². The zero-order valence-corrected chi connectivity index (χ0v) is 29.1. The fourth-order valence-electron chi connectivity index (χ4n) is 6.10. The van der Waals surface area contributed by atoms with Gasteiger partial charge in [0.25, 0.3) is 23.6 Å². The van der Waals surface area contributed by atoms with Crippen LogP contribution < -0.4 is 10.6 Å². The zero-order valence-electron chi connectivity index (χ0n) is 27.6. The number of alkyl halides is 4. The number of hydrogen-bond acceptors (Lipinski definition) is 12. The third-order valence-electron chi connectivity index (χ3n) is 9.08. The number of hydrogen-bond donors (Lipinski definition) is 2. The monoisotopic (exact) mass is 790 g/mol. The Kier molecular flexibility index (Phi) is 10.4. The van der Waals surface area contributed by atoms with E-state index < -0.39 is 47.3 Å². The van der Waals surface area contributed by atoms with Crippen LogP contribution in [0.25, 0.3) is 22.9 Å². The topological polar surface area (TPSA) is 153 Å². The molecule has 2 aliphatic rings. The van der Waals surface area contributed by atoms with Crippen LogP contribution in [-0.2, 0) is 11.1 Å². The molecule has 20 heteroatoms. The van der Waals surface area contributed by atoms with Crippen molar-refractivity contribution in [2.45, 2.75) is 62.5 Å². The minimum Gasteiger partial charge on any atom is -0.415 e. The van der Waals surface area contributed by atoms with E-state index in [9.17, 15) is 26.3 Å². The Morgan fingerprint density at radius 2 is 1.06 bits per heavy atom. The maximum Gasteiger partial charge on any atom is 0.314 e. The molecule has 6 aromatic rings. The average Bonchev–Trinajstić information content (AvgIpc) is 3.83. The molecule has 2 saturated carbocycles. The van der Waals surface area contributed by atoms with Gasteiger partial charge in [0.1, 0.15) is 11.6 Å². The van der Waals surface area contributed by atoms with Crippen molar-refractivity contribution in [1.29, 1.82) is 0 Å². The Morgan fingerprint density at radius 1 is 0.611 bits per heavy atom. The fraction of sp³-hybridized carbons (Fsp3) is 0.294. The van der Waals surface area contributed by atoms with Gasteiger partial charge in [0.2, 0.25) is 11.9 Å². The van der Waals surface area contributed by atoms with Gasteiger partial charge in [0, 0.05) is 30.4 Å². The van der Waals surface area contributed by atoms with Crippen molar-refractivity contribution >= 4 is 35.1 Å². The Bertz CT molecular complexity index is 2210. The van der Waals surface area contributed by atoms with Gasteiger partial charge in [-0.25, -0.2) is 28.7 Å². The van der Waals surface area contributed by atoms with Crippen molar-refractivity contribution in [3.63, 3.8) is 0 Å². The molecule has 4 aromatic heterocycles. The molecule has 0 bridgehead atoms. The second kappa shape index (κ2) is 15.2. The van der Waals surface area contributed by atoms with Crippen molar-refractivity contribution in [3.05, 3.63) is 106 Å². The first-order valence-electron chi connectivity index (χ1n) is 16.3. The fourth-order valence-corrected chi connectivity index (χ4v) is 6.58. The summed E-state index contributed by atoms with van der Waals surface area (Å²) in [5.41, 5.74) is 0.140. The minimum atomic E-state index is -2.87. The summed E-state index contributed by atoms with van der Waals surface area (Å²) in [6.07, 6.45) is 4.40. The molecule has 2 fully saturated rings. The maximum absolute atomic E-state index is 14.2. The molecule has 0 aliphatic heterocycles. The summed E-state index contributed by atoms with van der Waals surface area (Å²) < 4.78 is 88.3. The van der Waals surface area contributed by atoms with E-state index in [1.54, 1.807) is 6.07 Å². The molecule has 0 atom stereocenters. The van der Waals surface area contributed by atoms with E-state index in [-0.39, 0.29) is 28.9 Å². The molecule has 0 amide bonds. The number of benzene rings is 2. The van der Waals surface area contributed by atoms with Gasteiger partial charge in [-0.3, -0.25) is 0 Å².